The van der Waals surface area contributed by atoms with Crippen LogP contribution >= 0.6 is 0 Å². The van der Waals surface area contributed by atoms with E-state index in [1.807, 2.05) is 18.2 Å². The number of fused-ring (bicyclic) bond motifs is 1. The second-order valence-corrected chi connectivity index (χ2v) is 5.11. The van der Waals surface area contributed by atoms with Gasteiger partial charge in [0.15, 0.2) is 0 Å². The molecule has 0 bridgehead atoms. The summed E-state index contributed by atoms with van der Waals surface area (Å²) in [5.74, 6) is 0. The van der Waals surface area contributed by atoms with Crippen LogP contribution in [0.4, 0.5) is 5.69 Å². The second kappa shape index (κ2) is 5.06. The highest BCUT2D eigenvalue weighted by atomic mass is 15.1. The smallest absolute Gasteiger partial charge is 0.0551 e. The van der Waals surface area contributed by atoms with Crippen LogP contribution in [0, 0.1) is 0 Å². The van der Waals surface area contributed by atoms with Gasteiger partial charge in [0.05, 0.1) is 6.04 Å². The van der Waals surface area contributed by atoms with Crippen molar-refractivity contribution in [3.63, 3.8) is 0 Å². The monoisotopic (exact) mass is 252 g/mol. The lowest BCUT2D eigenvalue weighted by Gasteiger charge is -2.18. The Morgan fingerprint density at radius 3 is 2.63 bits per heavy atom. The lowest BCUT2D eigenvalue weighted by atomic mass is 9.97. The fourth-order valence-corrected chi connectivity index (χ4v) is 2.86. The van der Waals surface area contributed by atoms with Crippen LogP contribution in [0.5, 0.6) is 0 Å². The van der Waals surface area contributed by atoms with E-state index in [0.717, 1.165) is 19.5 Å². The van der Waals surface area contributed by atoms with Gasteiger partial charge < -0.3 is 10.6 Å². The molecule has 1 unspecified atom stereocenters. The van der Waals surface area contributed by atoms with Crippen LogP contribution in [0.1, 0.15) is 29.7 Å². The zero-order chi connectivity index (χ0) is 13.2. The highest BCUT2D eigenvalue weighted by molar-refractivity contribution is 5.59. The number of benzene rings is 2. The standard InChI is InChI=1S/C17H20N2/c1-2-19-11-10-14-12-15(8-9-16(14)19)17(18)13-6-4-3-5-7-13/h3-9,12,17H,2,10-11,18H2,1H3. The molecule has 98 valence electrons. The van der Waals surface area contributed by atoms with E-state index in [2.05, 4.69) is 42.2 Å². The molecule has 1 aliphatic heterocycles. The minimum Gasteiger partial charge on any atom is -0.371 e. The first-order valence-corrected chi connectivity index (χ1v) is 6.98. The van der Waals surface area contributed by atoms with Crippen molar-refractivity contribution in [1.29, 1.82) is 0 Å². The topological polar surface area (TPSA) is 29.3 Å². The quantitative estimate of drug-likeness (QED) is 0.909. The van der Waals surface area contributed by atoms with Gasteiger partial charge in [-0.05, 0) is 36.1 Å². The highest BCUT2D eigenvalue weighted by Gasteiger charge is 2.19. The molecule has 1 aliphatic rings. The van der Waals surface area contributed by atoms with Gasteiger partial charge >= 0.3 is 0 Å². The average molecular weight is 252 g/mol. The van der Waals surface area contributed by atoms with Gasteiger partial charge in [-0.25, -0.2) is 0 Å². The molecule has 0 fully saturated rings. The molecular formula is C17H20N2. The van der Waals surface area contributed by atoms with Gasteiger partial charge in [0.25, 0.3) is 0 Å². The number of nitrogens with two attached hydrogens (primary N) is 1. The van der Waals surface area contributed by atoms with E-state index in [1.54, 1.807) is 0 Å². The maximum atomic E-state index is 6.36. The summed E-state index contributed by atoms with van der Waals surface area (Å²) in [5.41, 5.74) is 11.6. The van der Waals surface area contributed by atoms with Gasteiger partial charge in [-0.1, -0.05) is 42.5 Å². The van der Waals surface area contributed by atoms with Gasteiger partial charge in [0.2, 0.25) is 0 Å². The average Bonchev–Trinajstić information content (AvgIpc) is 2.89. The largest absolute Gasteiger partial charge is 0.371 e. The molecular weight excluding hydrogens is 232 g/mol. The van der Waals surface area contributed by atoms with Gasteiger partial charge in [-0.15, -0.1) is 0 Å². The molecule has 3 rings (SSSR count). The molecule has 0 aromatic heterocycles. The summed E-state index contributed by atoms with van der Waals surface area (Å²) >= 11 is 0. The Morgan fingerprint density at radius 1 is 1.11 bits per heavy atom. The lowest BCUT2D eigenvalue weighted by Crippen LogP contribution is -2.19. The molecule has 1 atom stereocenters. The first-order valence-electron chi connectivity index (χ1n) is 6.98. The summed E-state index contributed by atoms with van der Waals surface area (Å²) in [6.45, 7) is 4.42. The Balaban J connectivity index is 1.91. The Morgan fingerprint density at radius 2 is 1.89 bits per heavy atom. The normalized spacial score (nSPS) is 15.4. The van der Waals surface area contributed by atoms with Crippen molar-refractivity contribution in [2.75, 3.05) is 18.0 Å². The molecule has 2 nitrogen and oxygen atoms in total. The van der Waals surface area contributed by atoms with Crippen LogP contribution in [-0.2, 0) is 6.42 Å². The first kappa shape index (κ1) is 12.2. The summed E-state index contributed by atoms with van der Waals surface area (Å²) in [6, 6.07) is 17.0. The van der Waals surface area contributed by atoms with E-state index in [9.17, 15) is 0 Å². The van der Waals surface area contributed by atoms with Gasteiger partial charge in [0.1, 0.15) is 0 Å². The number of anilines is 1. The first-order chi connectivity index (χ1) is 9.29. The predicted molar refractivity (Wildman–Crippen MR) is 80.5 cm³/mol. The van der Waals surface area contributed by atoms with E-state index >= 15 is 0 Å². The third-order valence-electron chi connectivity index (χ3n) is 3.99. The fourth-order valence-electron chi connectivity index (χ4n) is 2.86. The van der Waals surface area contributed by atoms with Crippen molar-refractivity contribution in [2.24, 2.45) is 5.73 Å². The third-order valence-corrected chi connectivity index (χ3v) is 3.99. The molecule has 2 aromatic carbocycles. The molecule has 0 saturated carbocycles. The summed E-state index contributed by atoms with van der Waals surface area (Å²) < 4.78 is 0. The van der Waals surface area contributed by atoms with E-state index in [1.165, 1.54) is 22.4 Å². The molecule has 2 N–H and O–H groups in total. The number of nitrogens with zero attached hydrogens (tertiary/aromatic N) is 1. The molecule has 0 saturated heterocycles. The van der Waals surface area contributed by atoms with E-state index in [0.29, 0.717) is 0 Å². The van der Waals surface area contributed by atoms with Crippen molar-refractivity contribution < 1.29 is 0 Å². The molecule has 1 heterocycles. The maximum Gasteiger partial charge on any atom is 0.0551 e. The van der Waals surface area contributed by atoms with Crippen molar-refractivity contribution in [3.8, 4) is 0 Å². The van der Waals surface area contributed by atoms with E-state index < -0.39 is 0 Å². The second-order valence-electron chi connectivity index (χ2n) is 5.11. The number of likely N-dealkylation sites (N-methyl/N-ethyl adjacent to an activating group) is 1. The molecule has 2 aromatic rings. The number of rotatable bonds is 3. The van der Waals surface area contributed by atoms with Crippen LogP contribution in [0.3, 0.4) is 0 Å². The molecule has 0 radical (unpaired) electrons. The minimum absolute atomic E-state index is 0.0258. The van der Waals surface area contributed by atoms with Crippen molar-refractivity contribution in [2.45, 2.75) is 19.4 Å². The lowest BCUT2D eigenvalue weighted by molar-refractivity contribution is 0.866. The molecule has 2 heteroatoms. The van der Waals surface area contributed by atoms with Crippen molar-refractivity contribution in [3.05, 3.63) is 65.2 Å². The van der Waals surface area contributed by atoms with E-state index in [4.69, 9.17) is 5.73 Å². The highest BCUT2D eigenvalue weighted by Crippen LogP contribution is 2.31. The van der Waals surface area contributed by atoms with Crippen LogP contribution in [0.15, 0.2) is 48.5 Å². The van der Waals surface area contributed by atoms with Crippen molar-refractivity contribution in [1.82, 2.24) is 0 Å². The summed E-state index contributed by atoms with van der Waals surface area (Å²) in [6.07, 6.45) is 1.14. The van der Waals surface area contributed by atoms with Gasteiger partial charge in [0, 0.05) is 18.8 Å². The van der Waals surface area contributed by atoms with Crippen LogP contribution in [0.25, 0.3) is 0 Å². The predicted octanol–water partition coefficient (Wildman–Crippen LogP) is 3.12. The summed E-state index contributed by atoms with van der Waals surface area (Å²) in [5, 5.41) is 0. The third kappa shape index (κ3) is 2.24. The van der Waals surface area contributed by atoms with E-state index in [-0.39, 0.29) is 6.04 Å². The van der Waals surface area contributed by atoms with Crippen LogP contribution in [0.2, 0.25) is 0 Å². The maximum absolute atomic E-state index is 6.36. The Hall–Kier alpha value is -1.80. The van der Waals surface area contributed by atoms with Gasteiger partial charge in [-0.3, -0.25) is 0 Å². The summed E-state index contributed by atoms with van der Waals surface area (Å²) in [7, 11) is 0. The molecule has 0 amide bonds. The molecule has 0 aliphatic carbocycles. The molecule has 19 heavy (non-hydrogen) atoms. The van der Waals surface area contributed by atoms with Crippen LogP contribution in [-0.4, -0.2) is 13.1 Å². The van der Waals surface area contributed by atoms with Crippen molar-refractivity contribution >= 4 is 5.69 Å². The number of hydrogen-bond acceptors (Lipinski definition) is 2. The Labute approximate surface area is 114 Å². The minimum atomic E-state index is -0.0258. The fraction of sp³-hybridized carbons (Fsp3) is 0.294. The zero-order valence-corrected chi connectivity index (χ0v) is 11.3. The zero-order valence-electron chi connectivity index (χ0n) is 11.3. The Kier molecular flexibility index (Phi) is 3.26. The van der Waals surface area contributed by atoms with Gasteiger partial charge in [-0.2, -0.15) is 0 Å². The number of hydrogen-bond donors (Lipinski definition) is 1. The summed E-state index contributed by atoms with van der Waals surface area (Å²) in [4.78, 5) is 2.42. The Bertz CT molecular complexity index is 563. The van der Waals surface area contributed by atoms with Crippen LogP contribution < -0.4 is 10.6 Å². The SMILES string of the molecule is CCN1CCc2cc(C(N)c3ccccc3)ccc21. The molecule has 0 spiro atoms.